The van der Waals surface area contributed by atoms with Crippen LogP contribution in [0.2, 0.25) is 0 Å². The van der Waals surface area contributed by atoms with E-state index in [1.54, 1.807) is 0 Å². The van der Waals surface area contributed by atoms with Crippen LogP contribution in [-0.4, -0.2) is 75.9 Å². The summed E-state index contributed by atoms with van der Waals surface area (Å²) in [6.45, 7) is 14.8. The monoisotopic (exact) mass is 297 g/mol. The molecule has 0 amide bonds. The highest BCUT2D eigenvalue weighted by molar-refractivity contribution is 4.88. The van der Waals surface area contributed by atoms with Crippen molar-refractivity contribution in [1.29, 1.82) is 0 Å². The standard InChI is InChI=1S/C17H35N3O/c1-16(2)12-18-13-17(6-11-21-15-17)14-19(3)9-10-20-7-4-5-8-20/h16,18H,4-15H2,1-3H3. The normalized spacial score (nSPS) is 27.3. The van der Waals surface area contributed by atoms with Crippen LogP contribution in [0.5, 0.6) is 0 Å². The van der Waals surface area contributed by atoms with Gasteiger partial charge in [-0.25, -0.2) is 0 Å². The molecule has 1 atom stereocenters. The zero-order valence-corrected chi connectivity index (χ0v) is 14.4. The number of hydrogen-bond donors (Lipinski definition) is 1. The molecule has 0 aliphatic carbocycles. The lowest BCUT2D eigenvalue weighted by Crippen LogP contribution is -2.45. The van der Waals surface area contributed by atoms with Crippen molar-refractivity contribution in [3.63, 3.8) is 0 Å². The maximum absolute atomic E-state index is 5.72. The molecule has 1 unspecified atom stereocenters. The van der Waals surface area contributed by atoms with Crippen LogP contribution >= 0.6 is 0 Å². The van der Waals surface area contributed by atoms with Crippen LogP contribution < -0.4 is 5.32 Å². The van der Waals surface area contributed by atoms with Gasteiger partial charge in [-0.1, -0.05) is 13.8 Å². The smallest absolute Gasteiger partial charge is 0.0547 e. The second-order valence-electron chi connectivity index (χ2n) is 7.61. The van der Waals surface area contributed by atoms with E-state index >= 15 is 0 Å². The molecule has 0 aromatic carbocycles. The van der Waals surface area contributed by atoms with Crippen molar-refractivity contribution < 1.29 is 4.74 Å². The summed E-state index contributed by atoms with van der Waals surface area (Å²) in [4.78, 5) is 5.12. The van der Waals surface area contributed by atoms with Crippen LogP contribution in [0.1, 0.15) is 33.1 Å². The fourth-order valence-electron chi connectivity index (χ4n) is 3.57. The lowest BCUT2D eigenvalue weighted by atomic mass is 9.86. The van der Waals surface area contributed by atoms with E-state index in [-0.39, 0.29) is 0 Å². The summed E-state index contributed by atoms with van der Waals surface area (Å²) in [7, 11) is 2.28. The van der Waals surface area contributed by atoms with Gasteiger partial charge in [-0.2, -0.15) is 0 Å². The summed E-state index contributed by atoms with van der Waals surface area (Å²) < 4.78 is 5.72. The van der Waals surface area contributed by atoms with Gasteiger partial charge in [0, 0.05) is 38.2 Å². The molecule has 0 spiro atoms. The topological polar surface area (TPSA) is 27.7 Å². The molecule has 1 N–H and O–H groups in total. The maximum atomic E-state index is 5.72. The van der Waals surface area contributed by atoms with Gasteiger partial charge in [-0.05, 0) is 51.9 Å². The number of nitrogens with one attached hydrogen (secondary N) is 1. The Morgan fingerprint density at radius 1 is 1.29 bits per heavy atom. The first-order valence-electron chi connectivity index (χ1n) is 8.79. The second-order valence-corrected chi connectivity index (χ2v) is 7.61. The molecule has 0 radical (unpaired) electrons. The number of likely N-dealkylation sites (N-methyl/N-ethyl adjacent to an activating group) is 1. The number of rotatable bonds is 9. The Labute approximate surface area is 131 Å². The first-order chi connectivity index (χ1) is 10.1. The quantitative estimate of drug-likeness (QED) is 0.700. The third kappa shape index (κ3) is 5.85. The number of likely N-dealkylation sites (tertiary alicyclic amines) is 1. The molecular weight excluding hydrogens is 262 g/mol. The van der Waals surface area contributed by atoms with Gasteiger partial charge in [0.05, 0.1) is 6.61 Å². The van der Waals surface area contributed by atoms with E-state index in [1.165, 1.54) is 45.4 Å². The Bertz CT molecular complexity index is 284. The van der Waals surface area contributed by atoms with E-state index in [1.807, 2.05) is 0 Å². The largest absolute Gasteiger partial charge is 0.381 e. The lowest BCUT2D eigenvalue weighted by Gasteiger charge is -2.33. The van der Waals surface area contributed by atoms with Gasteiger partial charge < -0.3 is 19.9 Å². The molecule has 4 heteroatoms. The first kappa shape index (κ1) is 17.2. The summed E-state index contributed by atoms with van der Waals surface area (Å²) in [6.07, 6.45) is 3.98. The van der Waals surface area contributed by atoms with Gasteiger partial charge in [-0.3, -0.25) is 0 Å². The second kappa shape index (κ2) is 8.47. The molecule has 2 aliphatic rings. The summed E-state index contributed by atoms with van der Waals surface area (Å²) >= 11 is 0. The van der Waals surface area contributed by atoms with Crippen molar-refractivity contribution in [3.8, 4) is 0 Å². The molecular formula is C17H35N3O. The van der Waals surface area contributed by atoms with Crippen LogP contribution in [0, 0.1) is 11.3 Å². The number of nitrogens with zero attached hydrogens (tertiary/aromatic N) is 2. The molecule has 2 saturated heterocycles. The fraction of sp³-hybridized carbons (Fsp3) is 1.00. The molecule has 2 rings (SSSR count). The minimum Gasteiger partial charge on any atom is -0.381 e. The van der Waals surface area contributed by atoms with Crippen LogP contribution in [0.25, 0.3) is 0 Å². The van der Waals surface area contributed by atoms with Crippen molar-refractivity contribution in [2.75, 3.05) is 66.1 Å². The third-order valence-electron chi connectivity index (χ3n) is 4.84. The van der Waals surface area contributed by atoms with Gasteiger partial charge in [0.15, 0.2) is 0 Å². The van der Waals surface area contributed by atoms with Crippen molar-refractivity contribution in [1.82, 2.24) is 15.1 Å². The zero-order chi connectivity index (χ0) is 15.1. The van der Waals surface area contributed by atoms with E-state index in [9.17, 15) is 0 Å². The van der Waals surface area contributed by atoms with Crippen LogP contribution in [-0.2, 0) is 4.74 Å². The Morgan fingerprint density at radius 2 is 2.05 bits per heavy atom. The van der Waals surface area contributed by atoms with Crippen LogP contribution in [0.4, 0.5) is 0 Å². The summed E-state index contributed by atoms with van der Waals surface area (Å²) in [5.41, 5.74) is 0.328. The highest BCUT2D eigenvalue weighted by atomic mass is 16.5. The van der Waals surface area contributed by atoms with Crippen LogP contribution in [0.3, 0.4) is 0 Å². The average molecular weight is 297 g/mol. The molecule has 0 aromatic heterocycles. The summed E-state index contributed by atoms with van der Waals surface area (Å²) in [5, 5.41) is 3.65. The van der Waals surface area contributed by atoms with Gasteiger partial charge in [0.25, 0.3) is 0 Å². The van der Waals surface area contributed by atoms with Gasteiger partial charge in [0.1, 0.15) is 0 Å². The number of hydrogen-bond acceptors (Lipinski definition) is 4. The van der Waals surface area contributed by atoms with Crippen molar-refractivity contribution in [2.24, 2.45) is 11.3 Å². The average Bonchev–Trinajstić information content (AvgIpc) is 3.08. The molecule has 2 aliphatic heterocycles. The maximum Gasteiger partial charge on any atom is 0.0547 e. The molecule has 21 heavy (non-hydrogen) atoms. The molecule has 4 nitrogen and oxygen atoms in total. The van der Waals surface area contributed by atoms with Crippen molar-refractivity contribution in [3.05, 3.63) is 0 Å². The summed E-state index contributed by atoms with van der Waals surface area (Å²) in [6, 6.07) is 0. The van der Waals surface area contributed by atoms with Crippen molar-refractivity contribution in [2.45, 2.75) is 33.1 Å². The molecule has 124 valence electrons. The van der Waals surface area contributed by atoms with Gasteiger partial charge in [-0.15, -0.1) is 0 Å². The van der Waals surface area contributed by atoms with E-state index in [4.69, 9.17) is 4.74 Å². The predicted octanol–water partition coefficient (Wildman–Crippen LogP) is 1.67. The SMILES string of the molecule is CC(C)CNCC1(CN(C)CCN2CCCC2)CCOC1. The minimum absolute atomic E-state index is 0.328. The van der Waals surface area contributed by atoms with E-state index in [0.717, 1.165) is 38.8 Å². The molecule has 2 heterocycles. The van der Waals surface area contributed by atoms with E-state index < -0.39 is 0 Å². The molecule has 2 fully saturated rings. The summed E-state index contributed by atoms with van der Waals surface area (Å²) in [5.74, 6) is 0.720. The first-order valence-corrected chi connectivity index (χ1v) is 8.79. The highest BCUT2D eigenvalue weighted by Crippen LogP contribution is 2.28. The molecule has 0 bridgehead atoms. The lowest BCUT2D eigenvalue weighted by molar-refractivity contribution is 0.114. The Hall–Kier alpha value is -0.160. The van der Waals surface area contributed by atoms with Gasteiger partial charge in [0.2, 0.25) is 0 Å². The van der Waals surface area contributed by atoms with E-state index in [2.05, 4.69) is 36.0 Å². The van der Waals surface area contributed by atoms with Gasteiger partial charge >= 0.3 is 0 Å². The highest BCUT2D eigenvalue weighted by Gasteiger charge is 2.35. The Balaban J connectivity index is 1.72. The van der Waals surface area contributed by atoms with Crippen LogP contribution in [0.15, 0.2) is 0 Å². The Kier molecular flexibility index (Phi) is 6.93. The fourth-order valence-corrected chi connectivity index (χ4v) is 3.57. The zero-order valence-electron chi connectivity index (χ0n) is 14.4. The third-order valence-corrected chi connectivity index (χ3v) is 4.84. The van der Waals surface area contributed by atoms with E-state index in [0.29, 0.717) is 5.41 Å². The minimum atomic E-state index is 0.328. The molecule has 0 saturated carbocycles. The van der Waals surface area contributed by atoms with Crippen molar-refractivity contribution >= 4 is 0 Å². The number of ether oxygens (including phenoxy) is 1. The Morgan fingerprint density at radius 3 is 2.67 bits per heavy atom. The molecule has 0 aromatic rings. The predicted molar refractivity (Wildman–Crippen MR) is 88.7 cm³/mol.